The highest BCUT2D eigenvalue weighted by atomic mass is 16.2. The second-order valence-electron chi connectivity index (χ2n) is 5.21. The molecule has 0 radical (unpaired) electrons. The van der Waals surface area contributed by atoms with E-state index in [1.54, 1.807) is 0 Å². The monoisotopic (exact) mass is 255 g/mol. The molecule has 1 heterocycles. The van der Waals surface area contributed by atoms with E-state index in [9.17, 15) is 9.59 Å². The molecule has 0 aromatic carbocycles. The van der Waals surface area contributed by atoms with Gasteiger partial charge in [-0.15, -0.1) is 0 Å². The van der Waals surface area contributed by atoms with Gasteiger partial charge in [-0.05, 0) is 44.2 Å². The number of amides is 2. The fourth-order valence-corrected chi connectivity index (χ4v) is 2.39. The zero-order chi connectivity index (χ0) is 13.4. The normalized spacial score (nSPS) is 21.3. The van der Waals surface area contributed by atoms with Crippen LogP contribution in [0.5, 0.6) is 0 Å². The second kappa shape index (κ2) is 8.08. The number of hydrogen-bond acceptors (Lipinski definition) is 3. The molecule has 1 rings (SSSR count). The number of piperidine rings is 1. The predicted molar refractivity (Wildman–Crippen MR) is 70.8 cm³/mol. The van der Waals surface area contributed by atoms with Gasteiger partial charge in [0, 0.05) is 19.4 Å². The summed E-state index contributed by atoms with van der Waals surface area (Å²) >= 11 is 0. The molecule has 0 aliphatic carbocycles. The summed E-state index contributed by atoms with van der Waals surface area (Å²) in [5.74, 6) is 0.785. The number of hydrogen-bond donors (Lipinski definition) is 3. The molecular weight excluding hydrogens is 230 g/mol. The van der Waals surface area contributed by atoms with Crippen LogP contribution in [0.1, 0.15) is 39.0 Å². The predicted octanol–water partition coefficient (Wildman–Crippen LogP) is 0.394. The van der Waals surface area contributed by atoms with Crippen LogP contribution in [0.4, 0.5) is 0 Å². The number of nitrogens with one attached hydrogen (secondary N) is 2. The Morgan fingerprint density at radius 3 is 2.89 bits per heavy atom. The third-order valence-electron chi connectivity index (χ3n) is 3.57. The molecule has 4 N–H and O–H groups in total. The van der Waals surface area contributed by atoms with Gasteiger partial charge in [-0.1, -0.05) is 6.92 Å². The highest BCUT2D eigenvalue weighted by Crippen LogP contribution is 2.22. The van der Waals surface area contributed by atoms with Crippen LogP contribution >= 0.6 is 0 Å². The number of nitrogens with two attached hydrogens (primary N) is 1. The smallest absolute Gasteiger partial charge is 0.220 e. The van der Waals surface area contributed by atoms with Crippen molar-refractivity contribution in [2.45, 2.75) is 39.0 Å². The molecule has 0 aromatic rings. The molecule has 104 valence electrons. The van der Waals surface area contributed by atoms with E-state index in [1.807, 2.05) is 0 Å². The third kappa shape index (κ3) is 6.00. The van der Waals surface area contributed by atoms with Crippen molar-refractivity contribution >= 4 is 11.8 Å². The minimum Gasteiger partial charge on any atom is -0.370 e. The van der Waals surface area contributed by atoms with Gasteiger partial charge < -0.3 is 16.4 Å². The Balaban J connectivity index is 2.12. The third-order valence-corrected chi connectivity index (χ3v) is 3.57. The molecule has 1 aliphatic heterocycles. The van der Waals surface area contributed by atoms with Gasteiger partial charge in [-0.25, -0.2) is 0 Å². The minimum atomic E-state index is -0.314. The summed E-state index contributed by atoms with van der Waals surface area (Å²) in [6.45, 7) is 4.80. The van der Waals surface area contributed by atoms with Crippen molar-refractivity contribution < 1.29 is 9.59 Å². The summed E-state index contributed by atoms with van der Waals surface area (Å²) in [6, 6.07) is 0. The zero-order valence-electron chi connectivity index (χ0n) is 11.2. The maximum Gasteiger partial charge on any atom is 0.220 e. The molecule has 2 atom stereocenters. The van der Waals surface area contributed by atoms with E-state index in [1.165, 1.54) is 12.8 Å². The lowest BCUT2D eigenvalue weighted by atomic mass is 9.85. The van der Waals surface area contributed by atoms with Gasteiger partial charge in [-0.2, -0.15) is 0 Å². The first-order valence-corrected chi connectivity index (χ1v) is 6.85. The Hall–Kier alpha value is -1.10. The van der Waals surface area contributed by atoms with Gasteiger partial charge in [0.15, 0.2) is 0 Å². The summed E-state index contributed by atoms with van der Waals surface area (Å²) in [5.41, 5.74) is 5.03. The summed E-state index contributed by atoms with van der Waals surface area (Å²) in [7, 11) is 0. The molecule has 1 saturated heterocycles. The molecule has 0 bridgehead atoms. The molecule has 2 unspecified atom stereocenters. The van der Waals surface area contributed by atoms with Crippen LogP contribution in [0.15, 0.2) is 0 Å². The Bertz CT molecular complexity index is 275. The van der Waals surface area contributed by atoms with Crippen molar-refractivity contribution in [1.29, 1.82) is 0 Å². The van der Waals surface area contributed by atoms with E-state index in [2.05, 4.69) is 17.6 Å². The largest absolute Gasteiger partial charge is 0.370 e. The summed E-state index contributed by atoms with van der Waals surface area (Å²) < 4.78 is 0. The van der Waals surface area contributed by atoms with E-state index in [-0.39, 0.29) is 11.8 Å². The first-order chi connectivity index (χ1) is 8.59. The summed E-state index contributed by atoms with van der Waals surface area (Å²) in [6.07, 6.45) is 3.95. The van der Waals surface area contributed by atoms with Gasteiger partial charge >= 0.3 is 0 Å². The Kier molecular flexibility index (Phi) is 6.72. The Labute approximate surface area is 109 Å². The van der Waals surface area contributed by atoms with Gasteiger partial charge in [0.1, 0.15) is 0 Å². The SMILES string of the molecule is CC(CC(=O)NCCCC(N)=O)C1CCCNC1. The molecule has 1 aliphatic rings. The van der Waals surface area contributed by atoms with Crippen molar-refractivity contribution in [3.05, 3.63) is 0 Å². The second-order valence-corrected chi connectivity index (χ2v) is 5.21. The summed E-state index contributed by atoms with van der Waals surface area (Å²) in [4.78, 5) is 22.2. The van der Waals surface area contributed by atoms with E-state index >= 15 is 0 Å². The maximum atomic E-state index is 11.7. The molecule has 0 aromatic heterocycles. The van der Waals surface area contributed by atoms with Crippen LogP contribution in [0, 0.1) is 11.8 Å². The lowest BCUT2D eigenvalue weighted by Crippen LogP contribution is -2.35. The van der Waals surface area contributed by atoms with E-state index in [0.717, 1.165) is 13.1 Å². The maximum absolute atomic E-state index is 11.7. The average molecular weight is 255 g/mol. The zero-order valence-corrected chi connectivity index (χ0v) is 11.2. The van der Waals surface area contributed by atoms with Crippen molar-refractivity contribution in [1.82, 2.24) is 10.6 Å². The fourth-order valence-electron chi connectivity index (χ4n) is 2.39. The van der Waals surface area contributed by atoms with Crippen LogP contribution in [0.25, 0.3) is 0 Å². The van der Waals surface area contributed by atoms with Crippen LogP contribution in [0.2, 0.25) is 0 Å². The van der Waals surface area contributed by atoms with Gasteiger partial charge in [0.2, 0.25) is 11.8 Å². The topological polar surface area (TPSA) is 84.2 Å². The number of carbonyl (C=O) groups is 2. The van der Waals surface area contributed by atoms with Crippen molar-refractivity contribution in [2.75, 3.05) is 19.6 Å². The first kappa shape index (κ1) is 15.0. The minimum absolute atomic E-state index is 0.0811. The van der Waals surface area contributed by atoms with Gasteiger partial charge in [0.25, 0.3) is 0 Å². The quantitative estimate of drug-likeness (QED) is 0.575. The van der Waals surface area contributed by atoms with E-state index < -0.39 is 0 Å². The van der Waals surface area contributed by atoms with Crippen molar-refractivity contribution in [3.8, 4) is 0 Å². The first-order valence-electron chi connectivity index (χ1n) is 6.85. The lowest BCUT2D eigenvalue weighted by molar-refractivity contribution is -0.123. The molecule has 0 spiro atoms. The van der Waals surface area contributed by atoms with Crippen LogP contribution in [-0.2, 0) is 9.59 Å². The highest BCUT2D eigenvalue weighted by molar-refractivity contribution is 5.76. The van der Waals surface area contributed by atoms with E-state index in [4.69, 9.17) is 5.73 Å². The lowest BCUT2D eigenvalue weighted by Gasteiger charge is -2.28. The van der Waals surface area contributed by atoms with Gasteiger partial charge in [-0.3, -0.25) is 9.59 Å². The Morgan fingerprint density at radius 2 is 2.28 bits per heavy atom. The summed E-state index contributed by atoms with van der Waals surface area (Å²) in [5, 5.41) is 6.21. The number of carbonyl (C=O) groups excluding carboxylic acids is 2. The van der Waals surface area contributed by atoms with Crippen molar-refractivity contribution in [2.24, 2.45) is 17.6 Å². The highest BCUT2D eigenvalue weighted by Gasteiger charge is 2.21. The number of primary amides is 1. The number of rotatable bonds is 7. The fraction of sp³-hybridized carbons (Fsp3) is 0.846. The molecule has 5 heteroatoms. The van der Waals surface area contributed by atoms with Gasteiger partial charge in [0.05, 0.1) is 0 Å². The molecule has 5 nitrogen and oxygen atoms in total. The average Bonchev–Trinajstić information content (AvgIpc) is 2.35. The van der Waals surface area contributed by atoms with Crippen LogP contribution in [0.3, 0.4) is 0 Å². The molecule has 1 fully saturated rings. The molecule has 2 amide bonds. The Morgan fingerprint density at radius 1 is 1.50 bits per heavy atom. The molecule has 0 saturated carbocycles. The van der Waals surface area contributed by atoms with Crippen molar-refractivity contribution in [3.63, 3.8) is 0 Å². The van der Waals surface area contributed by atoms with E-state index in [0.29, 0.717) is 37.6 Å². The van der Waals surface area contributed by atoms with Crippen LogP contribution < -0.4 is 16.4 Å². The standard InChI is InChI=1S/C13H25N3O2/c1-10(11-4-2-6-15-9-11)8-13(18)16-7-3-5-12(14)17/h10-11,15H,2-9H2,1H3,(H2,14,17)(H,16,18). The molecular formula is C13H25N3O2. The molecule has 18 heavy (non-hydrogen) atoms. The van der Waals surface area contributed by atoms with Crippen LogP contribution in [-0.4, -0.2) is 31.4 Å².